The van der Waals surface area contributed by atoms with E-state index in [2.05, 4.69) is 22.5 Å². The molecule has 6 heteroatoms. The average molecular weight is 385 g/mol. The van der Waals surface area contributed by atoms with Crippen LogP contribution in [0.1, 0.15) is 32.6 Å². The molecule has 1 unspecified atom stereocenters. The first-order valence-corrected chi connectivity index (χ1v) is 7.00. The Morgan fingerprint density at radius 1 is 1.37 bits per heavy atom. The molecule has 5 nitrogen and oxygen atoms in total. The van der Waals surface area contributed by atoms with Gasteiger partial charge in [0.1, 0.15) is 0 Å². The summed E-state index contributed by atoms with van der Waals surface area (Å²) in [5.41, 5.74) is 0. The normalized spacial score (nSPS) is 19.1. The maximum atomic E-state index is 5.57. The smallest absolute Gasteiger partial charge is 0.191 e. The number of aliphatic imine (C=N–C) groups is 1. The van der Waals surface area contributed by atoms with Gasteiger partial charge in [0.05, 0.1) is 19.3 Å². The van der Waals surface area contributed by atoms with Crippen LogP contribution in [-0.2, 0) is 9.47 Å². The topological polar surface area (TPSA) is 54.9 Å². The van der Waals surface area contributed by atoms with Crippen LogP contribution < -0.4 is 10.6 Å². The van der Waals surface area contributed by atoms with Gasteiger partial charge in [0.15, 0.2) is 5.96 Å². The summed E-state index contributed by atoms with van der Waals surface area (Å²) in [5.74, 6) is 0.851. The summed E-state index contributed by atoms with van der Waals surface area (Å²) in [6.45, 7) is 6.21. The monoisotopic (exact) mass is 385 g/mol. The lowest BCUT2D eigenvalue weighted by atomic mass is 10.2. The molecule has 1 saturated heterocycles. The quantitative estimate of drug-likeness (QED) is 0.290. The highest BCUT2D eigenvalue weighted by Gasteiger charge is 2.14. The maximum Gasteiger partial charge on any atom is 0.191 e. The minimum Gasteiger partial charge on any atom is -0.377 e. The van der Waals surface area contributed by atoms with Gasteiger partial charge in [-0.25, -0.2) is 0 Å². The average Bonchev–Trinajstić information content (AvgIpc) is 2.89. The molecule has 1 atom stereocenters. The third kappa shape index (κ3) is 9.45. The first-order chi connectivity index (χ1) is 8.86. The van der Waals surface area contributed by atoms with Gasteiger partial charge in [-0.05, 0) is 19.3 Å². The van der Waals surface area contributed by atoms with Gasteiger partial charge in [-0.3, -0.25) is 4.99 Å². The van der Waals surface area contributed by atoms with Crippen molar-refractivity contribution in [3.05, 3.63) is 0 Å². The van der Waals surface area contributed by atoms with Crippen molar-refractivity contribution in [1.29, 1.82) is 0 Å². The molecular formula is C13H28IN3O2. The van der Waals surface area contributed by atoms with Crippen LogP contribution in [0, 0.1) is 0 Å². The first-order valence-electron chi connectivity index (χ1n) is 7.00. The largest absolute Gasteiger partial charge is 0.377 e. The number of guanidine groups is 1. The molecule has 19 heavy (non-hydrogen) atoms. The molecule has 1 aliphatic heterocycles. The van der Waals surface area contributed by atoms with E-state index in [1.54, 1.807) is 7.05 Å². The number of halogens is 1. The zero-order chi connectivity index (χ0) is 13.1. The van der Waals surface area contributed by atoms with Gasteiger partial charge in [-0.2, -0.15) is 0 Å². The molecule has 0 aromatic carbocycles. The number of rotatable bonds is 8. The number of nitrogens with one attached hydrogen (secondary N) is 2. The highest BCUT2D eigenvalue weighted by Crippen LogP contribution is 2.11. The van der Waals surface area contributed by atoms with Crippen LogP contribution in [-0.4, -0.2) is 52.0 Å². The number of nitrogens with zero attached hydrogens (tertiary/aromatic N) is 1. The number of hydrogen-bond donors (Lipinski definition) is 2. The third-order valence-corrected chi connectivity index (χ3v) is 2.91. The molecule has 0 radical (unpaired) electrons. The predicted molar refractivity (Wildman–Crippen MR) is 89.5 cm³/mol. The molecule has 0 bridgehead atoms. The lowest BCUT2D eigenvalue weighted by molar-refractivity contribution is 0.0191. The second-order valence-electron chi connectivity index (χ2n) is 4.49. The van der Waals surface area contributed by atoms with Crippen LogP contribution in [0.5, 0.6) is 0 Å². The van der Waals surface area contributed by atoms with E-state index >= 15 is 0 Å². The molecule has 0 aromatic rings. The molecule has 0 amide bonds. The molecule has 1 fully saturated rings. The van der Waals surface area contributed by atoms with E-state index in [9.17, 15) is 0 Å². The van der Waals surface area contributed by atoms with E-state index in [4.69, 9.17) is 9.47 Å². The molecule has 1 rings (SSSR count). The number of ether oxygens (including phenoxy) is 2. The Labute approximate surface area is 133 Å². The second kappa shape index (κ2) is 12.9. The molecule has 1 aliphatic rings. The summed E-state index contributed by atoms with van der Waals surface area (Å²) in [6, 6.07) is 0. The molecule has 0 spiro atoms. The Kier molecular flexibility index (Phi) is 12.9. The molecular weight excluding hydrogens is 357 g/mol. The van der Waals surface area contributed by atoms with Gasteiger partial charge >= 0.3 is 0 Å². The Hall–Kier alpha value is -0.0800. The summed E-state index contributed by atoms with van der Waals surface area (Å²) in [7, 11) is 1.79. The number of hydrogen-bond acceptors (Lipinski definition) is 3. The fourth-order valence-corrected chi connectivity index (χ4v) is 1.84. The highest BCUT2D eigenvalue weighted by molar-refractivity contribution is 14.0. The van der Waals surface area contributed by atoms with Crippen LogP contribution in [0.3, 0.4) is 0 Å². The Morgan fingerprint density at radius 2 is 2.16 bits per heavy atom. The van der Waals surface area contributed by atoms with Crippen molar-refractivity contribution in [3.63, 3.8) is 0 Å². The van der Waals surface area contributed by atoms with Gasteiger partial charge in [-0.15, -0.1) is 24.0 Å². The molecule has 0 saturated carbocycles. The van der Waals surface area contributed by atoms with Gasteiger partial charge in [0, 0.05) is 26.7 Å². The molecule has 1 heterocycles. The van der Waals surface area contributed by atoms with E-state index in [-0.39, 0.29) is 24.0 Å². The zero-order valence-corrected chi connectivity index (χ0v) is 14.4. The lowest BCUT2D eigenvalue weighted by Gasteiger charge is -2.13. The SMILES string of the molecule is CCCCNC(=NC)NCCOCC1CCCO1.I. The van der Waals surface area contributed by atoms with Gasteiger partial charge in [-0.1, -0.05) is 13.3 Å². The Bertz CT molecular complexity index is 234. The standard InChI is InChI=1S/C13H27N3O2.HI/c1-3-4-7-15-13(14-2)16-8-10-17-11-12-6-5-9-18-12;/h12H,3-11H2,1-2H3,(H2,14,15,16);1H. The van der Waals surface area contributed by atoms with Crippen molar-refractivity contribution < 1.29 is 9.47 Å². The fourth-order valence-electron chi connectivity index (χ4n) is 1.84. The van der Waals surface area contributed by atoms with Gasteiger partial charge in [0.25, 0.3) is 0 Å². The van der Waals surface area contributed by atoms with Crippen molar-refractivity contribution in [2.75, 3.05) is 40.0 Å². The van der Waals surface area contributed by atoms with E-state index in [0.717, 1.165) is 38.5 Å². The van der Waals surface area contributed by atoms with Crippen LogP contribution in [0.2, 0.25) is 0 Å². The van der Waals surface area contributed by atoms with Crippen molar-refractivity contribution in [3.8, 4) is 0 Å². The summed E-state index contributed by atoms with van der Waals surface area (Å²) in [5, 5.41) is 6.49. The minimum atomic E-state index is 0. The molecule has 0 aliphatic carbocycles. The van der Waals surface area contributed by atoms with Crippen LogP contribution in [0.4, 0.5) is 0 Å². The lowest BCUT2D eigenvalue weighted by Crippen LogP contribution is -2.39. The Morgan fingerprint density at radius 3 is 2.79 bits per heavy atom. The van der Waals surface area contributed by atoms with Crippen molar-refractivity contribution >= 4 is 29.9 Å². The zero-order valence-electron chi connectivity index (χ0n) is 12.1. The highest BCUT2D eigenvalue weighted by atomic mass is 127. The molecule has 114 valence electrons. The summed E-state index contributed by atoms with van der Waals surface area (Å²) >= 11 is 0. The third-order valence-electron chi connectivity index (χ3n) is 2.91. The van der Waals surface area contributed by atoms with Crippen molar-refractivity contribution in [2.45, 2.75) is 38.7 Å². The van der Waals surface area contributed by atoms with Crippen LogP contribution in [0.25, 0.3) is 0 Å². The van der Waals surface area contributed by atoms with E-state index < -0.39 is 0 Å². The van der Waals surface area contributed by atoms with Gasteiger partial charge in [0.2, 0.25) is 0 Å². The van der Waals surface area contributed by atoms with Crippen LogP contribution >= 0.6 is 24.0 Å². The van der Waals surface area contributed by atoms with Crippen molar-refractivity contribution in [1.82, 2.24) is 10.6 Å². The fraction of sp³-hybridized carbons (Fsp3) is 0.923. The summed E-state index contributed by atoms with van der Waals surface area (Å²) < 4.78 is 11.1. The Balaban J connectivity index is 0.00000324. The summed E-state index contributed by atoms with van der Waals surface area (Å²) in [6.07, 6.45) is 4.96. The summed E-state index contributed by atoms with van der Waals surface area (Å²) in [4.78, 5) is 4.15. The first kappa shape index (κ1) is 18.9. The number of unbranched alkanes of at least 4 members (excludes halogenated alkanes) is 1. The predicted octanol–water partition coefficient (Wildman–Crippen LogP) is 1.77. The second-order valence-corrected chi connectivity index (χ2v) is 4.49. The van der Waals surface area contributed by atoms with E-state index in [0.29, 0.717) is 19.3 Å². The minimum absolute atomic E-state index is 0. The molecule has 0 aromatic heterocycles. The van der Waals surface area contributed by atoms with Crippen molar-refractivity contribution in [2.24, 2.45) is 4.99 Å². The maximum absolute atomic E-state index is 5.57. The van der Waals surface area contributed by atoms with E-state index in [1.165, 1.54) is 12.8 Å². The van der Waals surface area contributed by atoms with Crippen LogP contribution in [0.15, 0.2) is 4.99 Å². The van der Waals surface area contributed by atoms with Gasteiger partial charge < -0.3 is 20.1 Å². The van der Waals surface area contributed by atoms with E-state index in [1.807, 2.05) is 0 Å². The molecule has 2 N–H and O–H groups in total.